The van der Waals surface area contributed by atoms with E-state index in [0.29, 0.717) is 0 Å². The highest BCUT2D eigenvalue weighted by Gasteiger charge is 2.28. The maximum Gasteiger partial charge on any atom is 0.123 e. The van der Waals surface area contributed by atoms with E-state index in [2.05, 4.69) is 18.4 Å². The molecule has 0 aliphatic rings. The highest BCUT2D eigenvalue weighted by atomic mass is 32.1. The van der Waals surface area contributed by atoms with Crippen molar-refractivity contribution in [3.63, 3.8) is 0 Å². The van der Waals surface area contributed by atoms with Crippen molar-refractivity contribution in [2.45, 2.75) is 25.8 Å². The number of hydrogen-bond donors (Lipinski definition) is 1. The van der Waals surface area contributed by atoms with Gasteiger partial charge in [0.25, 0.3) is 0 Å². The Hall–Kier alpha value is -1.19. The van der Waals surface area contributed by atoms with E-state index in [9.17, 15) is 4.39 Å². The monoisotopic (exact) mass is 249 g/mol. The van der Waals surface area contributed by atoms with Gasteiger partial charge in [0, 0.05) is 4.88 Å². The normalized spacial score (nSPS) is 14.6. The second kappa shape index (κ2) is 4.59. The Balaban J connectivity index is 2.51. The zero-order valence-corrected chi connectivity index (χ0v) is 10.9. The molecule has 1 aromatic carbocycles. The van der Waals surface area contributed by atoms with Gasteiger partial charge in [0.05, 0.1) is 5.54 Å². The smallest absolute Gasteiger partial charge is 0.123 e. The Labute approximate surface area is 105 Å². The van der Waals surface area contributed by atoms with Crippen LogP contribution in [-0.2, 0) is 5.54 Å². The molecule has 17 heavy (non-hydrogen) atoms. The molecule has 2 aromatic rings. The van der Waals surface area contributed by atoms with Crippen molar-refractivity contribution in [2.24, 2.45) is 5.73 Å². The van der Waals surface area contributed by atoms with Crippen molar-refractivity contribution in [3.8, 4) is 0 Å². The predicted octanol–water partition coefficient (Wildman–Crippen LogP) is 3.81. The van der Waals surface area contributed by atoms with Crippen LogP contribution in [0.25, 0.3) is 0 Å². The summed E-state index contributed by atoms with van der Waals surface area (Å²) in [5, 5.41) is 2.06. The van der Waals surface area contributed by atoms with Crippen LogP contribution in [0.1, 0.15) is 29.3 Å². The summed E-state index contributed by atoms with van der Waals surface area (Å²) < 4.78 is 13.3. The van der Waals surface area contributed by atoms with Gasteiger partial charge in [-0.1, -0.05) is 19.1 Å². The molecule has 3 heteroatoms. The zero-order chi connectivity index (χ0) is 12.5. The molecule has 2 rings (SSSR count). The van der Waals surface area contributed by atoms with Crippen LogP contribution >= 0.6 is 11.3 Å². The minimum atomic E-state index is -0.590. The number of hydrogen-bond acceptors (Lipinski definition) is 2. The first-order valence-electron chi connectivity index (χ1n) is 5.67. The number of thiophene rings is 1. The number of halogens is 1. The highest BCUT2D eigenvalue weighted by molar-refractivity contribution is 7.10. The number of aryl methyl sites for hydroxylation is 1. The molecular formula is C14H16FNS. The summed E-state index contributed by atoms with van der Waals surface area (Å²) in [6.45, 7) is 4.08. The molecule has 1 unspecified atom stereocenters. The van der Waals surface area contributed by atoms with E-state index in [-0.39, 0.29) is 5.82 Å². The van der Waals surface area contributed by atoms with Crippen LogP contribution in [0.2, 0.25) is 0 Å². The van der Waals surface area contributed by atoms with E-state index >= 15 is 0 Å². The van der Waals surface area contributed by atoms with Gasteiger partial charge in [0.15, 0.2) is 0 Å². The molecule has 90 valence electrons. The first kappa shape index (κ1) is 12.3. The maximum absolute atomic E-state index is 13.3. The van der Waals surface area contributed by atoms with Gasteiger partial charge in [0.2, 0.25) is 0 Å². The van der Waals surface area contributed by atoms with Crippen LogP contribution in [0.15, 0.2) is 35.7 Å². The average Bonchev–Trinajstić information content (AvgIpc) is 2.75. The Bertz CT molecular complexity index is 520. The number of benzene rings is 1. The summed E-state index contributed by atoms with van der Waals surface area (Å²) in [6.07, 6.45) is 0.743. The van der Waals surface area contributed by atoms with E-state index in [1.165, 1.54) is 17.0 Å². The summed E-state index contributed by atoms with van der Waals surface area (Å²) in [4.78, 5) is 1.22. The van der Waals surface area contributed by atoms with Gasteiger partial charge >= 0.3 is 0 Å². The lowest BCUT2D eigenvalue weighted by atomic mass is 9.83. The summed E-state index contributed by atoms with van der Waals surface area (Å²) in [7, 11) is 0. The van der Waals surface area contributed by atoms with E-state index in [4.69, 9.17) is 5.73 Å². The molecule has 0 saturated heterocycles. The van der Waals surface area contributed by atoms with Gasteiger partial charge in [-0.05, 0) is 48.1 Å². The van der Waals surface area contributed by atoms with E-state index in [0.717, 1.165) is 17.5 Å². The lowest BCUT2D eigenvalue weighted by molar-refractivity contribution is 0.514. The van der Waals surface area contributed by atoms with Crippen molar-refractivity contribution in [2.75, 3.05) is 0 Å². The molecule has 0 fully saturated rings. The molecule has 0 bridgehead atoms. The Kier molecular flexibility index (Phi) is 3.31. The second-order valence-corrected chi connectivity index (χ2v) is 5.40. The van der Waals surface area contributed by atoms with Crippen molar-refractivity contribution in [1.82, 2.24) is 0 Å². The summed E-state index contributed by atoms with van der Waals surface area (Å²) in [5.74, 6) is -0.238. The second-order valence-electron chi connectivity index (χ2n) is 4.28. The molecule has 1 heterocycles. The van der Waals surface area contributed by atoms with E-state index < -0.39 is 5.54 Å². The number of nitrogens with two attached hydrogens (primary N) is 1. The van der Waals surface area contributed by atoms with Gasteiger partial charge in [-0.15, -0.1) is 11.3 Å². The fraction of sp³-hybridized carbons (Fsp3) is 0.286. The van der Waals surface area contributed by atoms with Gasteiger partial charge in [-0.25, -0.2) is 4.39 Å². The Morgan fingerprint density at radius 2 is 2.06 bits per heavy atom. The SMILES string of the molecule is CCC(N)(c1cccc(F)c1)c1csc(C)c1. The molecule has 0 aliphatic heterocycles. The van der Waals surface area contributed by atoms with E-state index in [1.54, 1.807) is 17.4 Å². The zero-order valence-electron chi connectivity index (χ0n) is 10.0. The maximum atomic E-state index is 13.3. The molecule has 0 amide bonds. The lowest BCUT2D eigenvalue weighted by Gasteiger charge is -2.28. The minimum Gasteiger partial charge on any atom is -0.318 e. The van der Waals surface area contributed by atoms with Crippen molar-refractivity contribution < 1.29 is 4.39 Å². The van der Waals surface area contributed by atoms with Crippen molar-refractivity contribution in [3.05, 3.63) is 57.5 Å². The number of rotatable bonds is 3. The third-order valence-electron chi connectivity index (χ3n) is 3.14. The van der Waals surface area contributed by atoms with Gasteiger partial charge in [-0.2, -0.15) is 0 Å². The first-order valence-corrected chi connectivity index (χ1v) is 6.55. The van der Waals surface area contributed by atoms with Crippen LogP contribution < -0.4 is 5.73 Å². The molecule has 1 aromatic heterocycles. The van der Waals surface area contributed by atoms with Crippen LogP contribution in [0.5, 0.6) is 0 Å². The molecule has 1 atom stereocenters. The van der Waals surface area contributed by atoms with Gasteiger partial charge in [-0.3, -0.25) is 0 Å². The summed E-state index contributed by atoms with van der Waals surface area (Å²) in [6, 6.07) is 8.65. The fourth-order valence-electron chi connectivity index (χ4n) is 2.02. The summed E-state index contributed by atoms with van der Waals surface area (Å²) >= 11 is 1.67. The van der Waals surface area contributed by atoms with Crippen LogP contribution in [-0.4, -0.2) is 0 Å². The quantitative estimate of drug-likeness (QED) is 0.879. The molecule has 0 aliphatic carbocycles. The lowest BCUT2D eigenvalue weighted by Crippen LogP contribution is -2.36. The molecule has 1 nitrogen and oxygen atoms in total. The van der Waals surface area contributed by atoms with Gasteiger partial charge < -0.3 is 5.73 Å². The van der Waals surface area contributed by atoms with Gasteiger partial charge in [0.1, 0.15) is 5.82 Å². The first-order chi connectivity index (χ1) is 8.06. The Morgan fingerprint density at radius 3 is 2.59 bits per heavy atom. The fourth-order valence-corrected chi connectivity index (χ4v) is 2.80. The Morgan fingerprint density at radius 1 is 1.29 bits per heavy atom. The average molecular weight is 249 g/mol. The molecule has 0 radical (unpaired) electrons. The van der Waals surface area contributed by atoms with Crippen LogP contribution in [0.4, 0.5) is 4.39 Å². The van der Waals surface area contributed by atoms with Crippen LogP contribution in [0, 0.1) is 12.7 Å². The standard InChI is InChI=1S/C14H16FNS/c1-3-14(16,12-7-10(2)17-9-12)11-5-4-6-13(15)8-11/h4-9H,3,16H2,1-2H3. The third kappa shape index (κ3) is 2.26. The summed E-state index contributed by atoms with van der Waals surface area (Å²) in [5.41, 5.74) is 7.77. The molecule has 2 N–H and O–H groups in total. The van der Waals surface area contributed by atoms with Crippen molar-refractivity contribution >= 4 is 11.3 Å². The molecule has 0 spiro atoms. The predicted molar refractivity (Wildman–Crippen MR) is 70.7 cm³/mol. The van der Waals surface area contributed by atoms with E-state index in [1.807, 2.05) is 13.0 Å². The molecular weight excluding hydrogens is 233 g/mol. The molecule has 0 saturated carbocycles. The highest BCUT2D eigenvalue weighted by Crippen LogP contribution is 2.33. The third-order valence-corrected chi connectivity index (χ3v) is 4.00. The minimum absolute atomic E-state index is 0.238. The topological polar surface area (TPSA) is 26.0 Å². The largest absolute Gasteiger partial charge is 0.318 e. The van der Waals surface area contributed by atoms with Crippen LogP contribution in [0.3, 0.4) is 0 Å². The van der Waals surface area contributed by atoms with Crippen molar-refractivity contribution in [1.29, 1.82) is 0 Å².